The minimum Gasteiger partial charge on any atom is -0.402 e. The third-order valence-corrected chi connectivity index (χ3v) is 4.15. The van der Waals surface area contributed by atoms with E-state index in [9.17, 15) is 0 Å². The van der Waals surface area contributed by atoms with Crippen molar-refractivity contribution in [1.29, 1.82) is 0 Å². The van der Waals surface area contributed by atoms with E-state index < -0.39 is 0 Å². The molecule has 0 bridgehead atoms. The van der Waals surface area contributed by atoms with E-state index in [0.717, 1.165) is 18.5 Å². The van der Waals surface area contributed by atoms with Gasteiger partial charge in [0.05, 0.1) is 0 Å². The van der Waals surface area contributed by atoms with Crippen LogP contribution in [0.25, 0.3) is 5.57 Å². The Morgan fingerprint density at radius 3 is 2.58 bits per heavy atom. The van der Waals surface area contributed by atoms with Crippen molar-refractivity contribution in [2.75, 3.05) is 0 Å². The predicted molar refractivity (Wildman–Crippen MR) is 83.9 cm³/mol. The molecule has 0 saturated carbocycles. The number of hydrogen-bond acceptors (Lipinski definition) is 1. The summed E-state index contributed by atoms with van der Waals surface area (Å²) in [5.74, 6) is 0. The van der Waals surface area contributed by atoms with Crippen molar-refractivity contribution in [1.82, 2.24) is 0 Å². The fraction of sp³-hybridized carbons (Fsp3) is 0.556. The molecule has 0 aromatic heterocycles. The Morgan fingerprint density at radius 1 is 1.00 bits per heavy atom. The molecule has 0 saturated heterocycles. The average molecular weight is 257 g/mol. The van der Waals surface area contributed by atoms with E-state index in [1.54, 1.807) is 0 Å². The average Bonchev–Trinajstić information content (AvgIpc) is 2.45. The Bertz CT molecular complexity index is 431. The zero-order chi connectivity index (χ0) is 13.5. The van der Waals surface area contributed by atoms with Crippen LogP contribution in [0.1, 0.15) is 69.4 Å². The molecular formula is C18H27N. The fourth-order valence-electron chi connectivity index (χ4n) is 3.01. The fourth-order valence-corrected chi connectivity index (χ4v) is 3.01. The summed E-state index contributed by atoms with van der Waals surface area (Å²) in [6.07, 6.45) is 11.3. The highest BCUT2D eigenvalue weighted by molar-refractivity contribution is 5.71. The van der Waals surface area contributed by atoms with Crippen LogP contribution >= 0.6 is 0 Å². The Hall–Kier alpha value is -1.24. The normalized spacial score (nSPS) is 15.8. The lowest BCUT2D eigenvalue weighted by Gasteiger charge is -2.20. The zero-order valence-electron chi connectivity index (χ0n) is 12.3. The van der Waals surface area contributed by atoms with Gasteiger partial charge in [-0.2, -0.15) is 0 Å². The molecule has 1 heteroatoms. The van der Waals surface area contributed by atoms with E-state index in [4.69, 9.17) is 5.73 Å². The molecular weight excluding hydrogens is 230 g/mol. The summed E-state index contributed by atoms with van der Waals surface area (Å²) in [4.78, 5) is 0. The largest absolute Gasteiger partial charge is 0.402 e. The van der Waals surface area contributed by atoms with Gasteiger partial charge in [-0.3, -0.25) is 0 Å². The number of nitrogens with two attached hydrogens (primary N) is 1. The van der Waals surface area contributed by atoms with Gasteiger partial charge in [-0.15, -0.1) is 0 Å². The van der Waals surface area contributed by atoms with E-state index in [2.05, 4.69) is 31.2 Å². The number of hydrogen-bond donors (Lipinski definition) is 1. The maximum absolute atomic E-state index is 6.24. The van der Waals surface area contributed by atoms with Gasteiger partial charge in [0.25, 0.3) is 0 Å². The number of rotatable bonds is 6. The maximum Gasteiger partial charge on any atom is 0.0119 e. The Kier molecular flexibility index (Phi) is 5.50. The molecule has 2 rings (SSSR count). The molecule has 0 atom stereocenters. The zero-order valence-corrected chi connectivity index (χ0v) is 12.3. The second kappa shape index (κ2) is 7.37. The standard InChI is InChI=1S/C18H27N/c1-2-3-4-5-10-15-11-6-7-12-16(15)17-13-8-9-14-18(17)19/h6-7,11-12H,2-5,8-10,13-14,19H2,1H3. The van der Waals surface area contributed by atoms with Crippen molar-refractivity contribution in [3.63, 3.8) is 0 Å². The molecule has 0 heterocycles. The highest BCUT2D eigenvalue weighted by Gasteiger charge is 2.14. The number of unbranched alkanes of at least 4 members (excludes halogenated alkanes) is 3. The molecule has 0 amide bonds. The Labute approximate surface area is 117 Å². The molecule has 19 heavy (non-hydrogen) atoms. The summed E-state index contributed by atoms with van der Waals surface area (Å²) in [6, 6.07) is 8.87. The highest BCUT2D eigenvalue weighted by atomic mass is 14.6. The Morgan fingerprint density at radius 2 is 1.79 bits per heavy atom. The summed E-state index contributed by atoms with van der Waals surface area (Å²) in [5.41, 5.74) is 11.7. The van der Waals surface area contributed by atoms with Gasteiger partial charge in [0, 0.05) is 5.70 Å². The number of benzene rings is 1. The van der Waals surface area contributed by atoms with Crippen molar-refractivity contribution in [2.45, 2.75) is 64.7 Å². The lowest BCUT2D eigenvalue weighted by atomic mass is 9.87. The number of aryl methyl sites for hydroxylation is 1. The van der Waals surface area contributed by atoms with Crippen LogP contribution in [0, 0.1) is 0 Å². The monoisotopic (exact) mass is 257 g/mol. The van der Waals surface area contributed by atoms with E-state index in [1.807, 2.05) is 0 Å². The molecule has 0 aliphatic heterocycles. The van der Waals surface area contributed by atoms with E-state index >= 15 is 0 Å². The van der Waals surface area contributed by atoms with Crippen molar-refractivity contribution in [2.24, 2.45) is 5.73 Å². The summed E-state index contributed by atoms with van der Waals surface area (Å²) in [6.45, 7) is 2.27. The van der Waals surface area contributed by atoms with Crippen LogP contribution in [-0.2, 0) is 6.42 Å². The highest BCUT2D eigenvalue weighted by Crippen LogP contribution is 2.32. The van der Waals surface area contributed by atoms with Crippen LogP contribution < -0.4 is 5.73 Å². The van der Waals surface area contributed by atoms with Gasteiger partial charge in [-0.25, -0.2) is 0 Å². The molecule has 1 aromatic carbocycles. The minimum atomic E-state index is 1.08. The van der Waals surface area contributed by atoms with Gasteiger partial charge in [-0.1, -0.05) is 50.5 Å². The van der Waals surface area contributed by atoms with Gasteiger partial charge in [0.2, 0.25) is 0 Å². The quantitative estimate of drug-likeness (QED) is 0.709. The molecule has 1 aromatic rings. The van der Waals surface area contributed by atoms with Gasteiger partial charge < -0.3 is 5.73 Å². The molecule has 0 unspecified atom stereocenters. The molecule has 0 radical (unpaired) electrons. The maximum atomic E-state index is 6.24. The molecule has 1 nitrogen and oxygen atoms in total. The molecule has 2 N–H and O–H groups in total. The molecule has 0 spiro atoms. The second-order valence-corrected chi connectivity index (χ2v) is 5.68. The van der Waals surface area contributed by atoms with Crippen LogP contribution in [0.2, 0.25) is 0 Å². The van der Waals surface area contributed by atoms with E-state index in [0.29, 0.717) is 0 Å². The molecule has 104 valence electrons. The topological polar surface area (TPSA) is 26.0 Å². The smallest absolute Gasteiger partial charge is 0.0119 e. The van der Waals surface area contributed by atoms with Gasteiger partial charge in [0.1, 0.15) is 0 Å². The van der Waals surface area contributed by atoms with Gasteiger partial charge in [-0.05, 0) is 55.2 Å². The van der Waals surface area contributed by atoms with E-state index in [1.165, 1.54) is 61.6 Å². The summed E-state index contributed by atoms with van der Waals surface area (Å²) < 4.78 is 0. The lowest BCUT2D eigenvalue weighted by Crippen LogP contribution is -2.08. The Balaban J connectivity index is 2.12. The SMILES string of the molecule is CCCCCCc1ccccc1C1=C(N)CCCC1. The first-order chi connectivity index (χ1) is 9.33. The van der Waals surface area contributed by atoms with E-state index in [-0.39, 0.29) is 0 Å². The summed E-state index contributed by atoms with van der Waals surface area (Å²) in [7, 11) is 0. The minimum absolute atomic E-state index is 1.08. The molecule has 1 aliphatic carbocycles. The van der Waals surface area contributed by atoms with Crippen LogP contribution in [0.5, 0.6) is 0 Å². The third-order valence-electron chi connectivity index (χ3n) is 4.15. The molecule has 1 aliphatic rings. The first kappa shape index (κ1) is 14.2. The summed E-state index contributed by atoms with van der Waals surface area (Å²) >= 11 is 0. The van der Waals surface area contributed by atoms with Crippen molar-refractivity contribution in [3.8, 4) is 0 Å². The van der Waals surface area contributed by atoms with Gasteiger partial charge in [0.15, 0.2) is 0 Å². The van der Waals surface area contributed by atoms with Crippen LogP contribution in [0.3, 0.4) is 0 Å². The van der Waals surface area contributed by atoms with Crippen LogP contribution in [0.15, 0.2) is 30.0 Å². The first-order valence-corrected chi connectivity index (χ1v) is 7.88. The predicted octanol–water partition coefficient (Wildman–Crippen LogP) is 5.05. The van der Waals surface area contributed by atoms with Gasteiger partial charge >= 0.3 is 0 Å². The first-order valence-electron chi connectivity index (χ1n) is 7.88. The summed E-state index contributed by atoms with van der Waals surface area (Å²) in [5, 5.41) is 0. The molecule has 0 fully saturated rings. The van der Waals surface area contributed by atoms with Crippen molar-refractivity contribution < 1.29 is 0 Å². The lowest BCUT2D eigenvalue weighted by molar-refractivity contribution is 0.665. The van der Waals surface area contributed by atoms with Crippen molar-refractivity contribution in [3.05, 3.63) is 41.1 Å². The third kappa shape index (κ3) is 3.86. The van der Waals surface area contributed by atoms with Crippen molar-refractivity contribution >= 4 is 5.57 Å². The van der Waals surface area contributed by atoms with Crippen LogP contribution in [-0.4, -0.2) is 0 Å². The number of allylic oxidation sites excluding steroid dienone is 2. The second-order valence-electron chi connectivity index (χ2n) is 5.68. The van der Waals surface area contributed by atoms with Crippen LogP contribution in [0.4, 0.5) is 0 Å².